The van der Waals surface area contributed by atoms with Crippen LogP contribution in [0, 0.1) is 5.41 Å². The average molecular weight is 197 g/mol. The fraction of sp³-hybridized carbons (Fsp3) is 0.833. The summed E-state index contributed by atoms with van der Waals surface area (Å²) in [5.74, 6) is 0. The molecule has 2 unspecified atom stereocenters. The van der Waals surface area contributed by atoms with E-state index in [0.29, 0.717) is 12.1 Å². The number of hydrogen-bond donors (Lipinski definition) is 1. The fourth-order valence-corrected chi connectivity index (χ4v) is 2.02. The Morgan fingerprint density at radius 3 is 2.64 bits per heavy atom. The lowest BCUT2D eigenvalue weighted by Gasteiger charge is -2.51. The molecule has 0 aromatic carbocycles. The first-order valence-corrected chi connectivity index (χ1v) is 5.45. The van der Waals surface area contributed by atoms with E-state index >= 15 is 0 Å². The van der Waals surface area contributed by atoms with Crippen molar-refractivity contribution in [1.82, 2.24) is 5.32 Å². The molecule has 1 saturated carbocycles. The molecule has 0 spiro atoms. The molecule has 1 aliphatic carbocycles. The van der Waals surface area contributed by atoms with E-state index < -0.39 is 0 Å². The standard InChI is InChI=1S/C12H23NO/c1-6-9(2)8-13-10-7-11(14-5)12(10,3)4/h10-11,13H,2,6-8H2,1,3-5H3. The second-order valence-electron chi connectivity index (χ2n) is 4.82. The smallest absolute Gasteiger partial charge is 0.0652 e. The Labute approximate surface area is 87.7 Å². The molecule has 0 aromatic rings. The van der Waals surface area contributed by atoms with Crippen molar-refractivity contribution in [3.8, 4) is 0 Å². The highest BCUT2D eigenvalue weighted by atomic mass is 16.5. The predicted octanol–water partition coefficient (Wildman–Crippen LogP) is 2.36. The molecule has 0 amide bonds. The van der Waals surface area contributed by atoms with Crippen molar-refractivity contribution in [3.63, 3.8) is 0 Å². The van der Waals surface area contributed by atoms with Gasteiger partial charge in [-0.3, -0.25) is 0 Å². The molecule has 0 bridgehead atoms. The predicted molar refractivity (Wildman–Crippen MR) is 60.4 cm³/mol. The third-order valence-corrected chi connectivity index (χ3v) is 3.56. The van der Waals surface area contributed by atoms with Crippen molar-refractivity contribution < 1.29 is 4.74 Å². The number of nitrogens with one attached hydrogen (secondary N) is 1. The zero-order valence-corrected chi connectivity index (χ0v) is 9.89. The van der Waals surface area contributed by atoms with E-state index in [1.807, 2.05) is 0 Å². The third kappa shape index (κ3) is 2.18. The van der Waals surface area contributed by atoms with Crippen molar-refractivity contribution in [2.24, 2.45) is 5.41 Å². The van der Waals surface area contributed by atoms with Crippen LogP contribution >= 0.6 is 0 Å². The molecule has 1 aliphatic rings. The van der Waals surface area contributed by atoms with E-state index in [2.05, 4.69) is 32.7 Å². The highest BCUT2D eigenvalue weighted by Gasteiger charge is 2.47. The quantitative estimate of drug-likeness (QED) is 0.683. The molecular weight excluding hydrogens is 174 g/mol. The van der Waals surface area contributed by atoms with Crippen LogP contribution < -0.4 is 5.32 Å². The summed E-state index contributed by atoms with van der Waals surface area (Å²) < 4.78 is 5.40. The van der Waals surface area contributed by atoms with Gasteiger partial charge in [-0.25, -0.2) is 0 Å². The van der Waals surface area contributed by atoms with E-state index in [1.165, 1.54) is 5.57 Å². The van der Waals surface area contributed by atoms with Gasteiger partial charge in [-0.15, -0.1) is 0 Å². The minimum atomic E-state index is 0.267. The lowest BCUT2D eigenvalue weighted by Crippen LogP contribution is -2.60. The van der Waals surface area contributed by atoms with Crippen LogP contribution in [0.15, 0.2) is 12.2 Å². The Morgan fingerprint density at radius 1 is 1.57 bits per heavy atom. The molecular formula is C12H23NO. The Morgan fingerprint density at radius 2 is 2.21 bits per heavy atom. The Kier molecular flexibility index (Phi) is 3.73. The summed E-state index contributed by atoms with van der Waals surface area (Å²) in [5, 5.41) is 3.54. The third-order valence-electron chi connectivity index (χ3n) is 3.56. The summed E-state index contributed by atoms with van der Waals surface area (Å²) in [7, 11) is 1.80. The molecule has 0 saturated heterocycles. The number of rotatable bonds is 5. The van der Waals surface area contributed by atoms with Crippen molar-refractivity contribution in [1.29, 1.82) is 0 Å². The van der Waals surface area contributed by atoms with Gasteiger partial charge < -0.3 is 10.1 Å². The SMILES string of the molecule is C=C(CC)CNC1CC(OC)C1(C)C. The minimum absolute atomic E-state index is 0.267. The summed E-state index contributed by atoms with van der Waals surface area (Å²) >= 11 is 0. The van der Waals surface area contributed by atoms with Crippen LogP contribution in [0.4, 0.5) is 0 Å². The maximum absolute atomic E-state index is 5.40. The summed E-state index contributed by atoms with van der Waals surface area (Å²) in [4.78, 5) is 0. The maximum Gasteiger partial charge on any atom is 0.0652 e. The molecule has 2 nitrogen and oxygen atoms in total. The summed E-state index contributed by atoms with van der Waals surface area (Å²) in [5.41, 5.74) is 1.55. The molecule has 0 aliphatic heterocycles. The van der Waals surface area contributed by atoms with Gasteiger partial charge in [-0.2, -0.15) is 0 Å². The molecule has 2 heteroatoms. The molecule has 2 atom stereocenters. The highest BCUT2D eigenvalue weighted by Crippen LogP contribution is 2.42. The van der Waals surface area contributed by atoms with Gasteiger partial charge in [0.05, 0.1) is 6.10 Å². The van der Waals surface area contributed by atoms with Gasteiger partial charge in [-0.1, -0.05) is 32.9 Å². The molecule has 0 heterocycles. The normalized spacial score (nSPS) is 29.7. The lowest BCUT2D eigenvalue weighted by atomic mass is 9.64. The molecule has 0 aromatic heterocycles. The van der Waals surface area contributed by atoms with Crippen molar-refractivity contribution >= 4 is 0 Å². The van der Waals surface area contributed by atoms with Crippen molar-refractivity contribution in [2.75, 3.05) is 13.7 Å². The van der Waals surface area contributed by atoms with E-state index in [0.717, 1.165) is 19.4 Å². The molecule has 82 valence electrons. The monoisotopic (exact) mass is 197 g/mol. The fourth-order valence-electron chi connectivity index (χ4n) is 2.02. The van der Waals surface area contributed by atoms with Gasteiger partial charge in [0.1, 0.15) is 0 Å². The summed E-state index contributed by atoms with van der Waals surface area (Å²) in [6, 6.07) is 0.579. The summed E-state index contributed by atoms with van der Waals surface area (Å²) in [6.07, 6.45) is 2.60. The van der Waals surface area contributed by atoms with Crippen LogP contribution in [0.2, 0.25) is 0 Å². The maximum atomic E-state index is 5.40. The van der Waals surface area contributed by atoms with Crippen LogP contribution in [-0.4, -0.2) is 25.8 Å². The van der Waals surface area contributed by atoms with Crippen LogP contribution in [0.3, 0.4) is 0 Å². The molecule has 1 N–H and O–H groups in total. The van der Waals surface area contributed by atoms with Crippen LogP contribution in [0.25, 0.3) is 0 Å². The largest absolute Gasteiger partial charge is 0.381 e. The van der Waals surface area contributed by atoms with Gasteiger partial charge in [0.2, 0.25) is 0 Å². The zero-order valence-electron chi connectivity index (χ0n) is 9.89. The van der Waals surface area contributed by atoms with Gasteiger partial charge >= 0.3 is 0 Å². The van der Waals surface area contributed by atoms with Crippen LogP contribution in [0.1, 0.15) is 33.6 Å². The van der Waals surface area contributed by atoms with Gasteiger partial charge in [0, 0.05) is 25.1 Å². The lowest BCUT2D eigenvalue weighted by molar-refractivity contribution is -0.0966. The van der Waals surface area contributed by atoms with Crippen LogP contribution in [-0.2, 0) is 4.74 Å². The topological polar surface area (TPSA) is 21.3 Å². The molecule has 1 fully saturated rings. The molecule has 14 heavy (non-hydrogen) atoms. The Bertz CT molecular complexity index is 210. The average Bonchev–Trinajstić information content (AvgIpc) is 2.16. The minimum Gasteiger partial charge on any atom is -0.381 e. The molecule has 1 rings (SSSR count). The van der Waals surface area contributed by atoms with Crippen molar-refractivity contribution in [3.05, 3.63) is 12.2 Å². The van der Waals surface area contributed by atoms with E-state index in [-0.39, 0.29) is 5.41 Å². The second kappa shape index (κ2) is 4.45. The number of ether oxygens (including phenoxy) is 1. The number of methoxy groups -OCH3 is 1. The van der Waals surface area contributed by atoms with Gasteiger partial charge in [0.15, 0.2) is 0 Å². The Hall–Kier alpha value is -0.340. The molecule has 0 radical (unpaired) electrons. The van der Waals surface area contributed by atoms with E-state index in [4.69, 9.17) is 4.74 Å². The van der Waals surface area contributed by atoms with Gasteiger partial charge in [-0.05, 0) is 12.8 Å². The first-order chi connectivity index (χ1) is 6.52. The van der Waals surface area contributed by atoms with Gasteiger partial charge in [0.25, 0.3) is 0 Å². The van der Waals surface area contributed by atoms with E-state index in [1.54, 1.807) is 7.11 Å². The summed E-state index contributed by atoms with van der Waals surface area (Å²) in [6.45, 7) is 11.6. The highest BCUT2D eigenvalue weighted by molar-refractivity contribution is 5.05. The second-order valence-corrected chi connectivity index (χ2v) is 4.82. The first kappa shape index (κ1) is 11.7. The number of hydrogen-bond acceptors (Lipinski definition) is 2. The van der Waals surface area contributed by atoms with E-state index in [9.17, 15) is 0 Å². The first-order valence-electron chi connectivity index (χ1n) is 5.45. The van der Waals surface area contributed by atoms with Crippen LogP contribution in [0.5, 0.6) is 0 Å². The zero-order chi connectivity index (χ0) is 10.8. The van der Waals surface area contributed by atoms with Crippen molar-refractivity contribution in [2.45, 2.75) is 45.8 Å². The Balaban J connectivity index is 2.32.